The van der Waals surface area contributed by atoms with Crippen molar-refractivity contribution in [3.8, 4) is 57.5 Å². The van der Waals surface area contributed by atoms with Crippen LogP contribution < -0.4 is 47.4 Å². The van der Waals surface area contributed by atoms with Crippen LogP contribution in [0, 0.1) is 59.1 Å². The molecule has 0 amide bonds. The van der Waals surface area contributed by atoms with Crippen molar-refractivity contribution >= 4 is 0 Å². The van der Waals surface area contributed by atoms with Crippen molar-refractivity contribution in [1.82, 2.24) is 24.5 Å². The fourth-order valence-electron chi connectivity index (χ4n) is 14.5. The van der Waals surface area contributed by atoms with Crippen molar-refractivity contribution in [2.75, 3.05) is 136 Å². The molecule has 0 aliphatic carbocycles. The minimum absolute atomic E-state index is 0.0296. The number of nitrogens with zero attached hydrogens (tertiary/aromatic N) is 5. The van der Waals surface area contributed by atoms with E-state index in [-0.39, 0.29) is 150 Å². The summed E-state index contributed by atoms with van der Waals surface area (Å²) < 4.78 is 525. The maximum Gasteiger partial charge on any atom is 0.161 e. The molecule has 0 aromatic heterocycles. The predicted molar refractivity (Wildman–Crippen MR) is 456 cm³/mol. The molecule has 20 nitrogen and oxygen atoms in total. The Morgan fingerprint density at radius 1 is 0.365 bits per heavy atom. The maximum atomic E-state index is 11.4. The molecule has 0 spiro atoms. The smallest absolute Gasteiger partial charge is 0.161 e. The first kappa shape index (κ1) is 41.3. The Morgan fingerprint density at radius 3 is 0.922 bits per heavy atom. The lowest BCUT2D eigenvalue weighted by atomic mass is 9.79. The Labute approximate surface area is 768 Å². The van der Waals surface area contributed by atoms with E-state index in [1.807, 2.05) is 41.5 Å². The van der Waals surface area contributed by atoms with E-state index in [1.54, 1.807) is 0 Å². The van der Waals surface area contributed by atoms with Gasteiger partial charge in [0.15, 0.2) is 57.5 Å². The van der Waals surface area contributed by atoms with Gasteiger partial charge in [-0.05, 0) is 271 Å². The molecule has 0 radical (unpaired) electrons. The lowest BCUT2D eigenvalue weighted by Gasteiger charge is -2.46. The summed E-state index contributed by atoms with van der Waals surface area (Å²) in [5.41, 5.74) is -2.61. The van der Waals surface area contributed by atoms with Crippen molar-refractivity contribution < 1.29 is 150 Å². The molecule has 5 N–H and O–H groups in total. The van der Waals surface area contributed by atoms with Gasteiger partial charge in [0.1, 0.15) is 0 Å². The number of benzene rings is 5. The summed E-state index contributed by atoms with van der Waals surface area (Å²) in [7, 11) is 4.29. The van der Waals surface area contributed by atoms with E-state index >= 15 is 0 Å². The molecule has 640 valence electrons. The molecule has 17 unspecified atom stereocenters. The minimum Gasteiger partial charge on any atom is -0.493 e. The first-order valence-corrected chi connectivity index (χ1v) is 37.4. The second-order valence-corrected chi connectivity index (χ2v) is 29.5. The number of hydrogen-bond acceptors (Lipinski definition) is 20. The number of fused-ring (bicyclic) bond motifs is 15. The third-order valence-electron chi connectivity index (χ3n) is 20.0. The molecule has 17 atom stereocenters. The van der Waals surface area contributed by atoms with Crippen molar-refractivity contribution in [2.24, 2.45) is 59.1 Å². The molecule has 10 aliphatic rings. The Balaban J connectivity index is 0.000000201. The molecular weight excluding hydrogens is 1450 g/mol. The molecule has 0 bridgehead atoms. The van der Waals surface area contributed by atoms with E-state index in [0.29, 0.717) is 27.7 Å². The van der Waals surface area contributed by atoms with Crippen molar-refractivity contribution in [3.63, 3.8) is 0 Å². The van der Waals surface area contributed by atoms with Gasteiger partial charge in [0.2, 0.25) is 0 Å². The summed E-state index contributed by atoms with van der Waals surface area (Å²) in [4.78, 5) is 1.89. The lowest BCUT2D eigenvalue weighted by Crippen LogP contribution is -2.48. The molecule has 20 heteroatoms. The van der Waals surface area contributed by atoms with Gasteiger partial charge in [0.05, 0.1) is 117 Å². The Kier molecular flexibility index (Phi) is 14.6. The topological polar surface area (TPSA) is 210 Å². The Morgan fingerprint density at radius 2 is 0.626 bits per heavy atom. The van der Waals surface area contributed by atoms with Gasteiger partial charge in [-0.1, -0.05) is 69.1 Å². The first-order valence-electron chi connectivity index (χ1n) is 65.4. The van der Waals surface area contributed by atoms with Crippen LogP contribution in [-0.4, -0.2) is 216 Å². The highest BCUT2D eigenvalue weighted by atomic mass is 16.5. The standard InChI is InChI=1S/5C19H29NO3/c5*1-12(2)7-14-11-20-6-5-13-8-18(22-3)19(23-4)9-15(13)16(20)10-17(14)21/h5*8-9,12,14,16-17,21H,5-7,10-11H2,1-4H3/i1D3,4D3,5D2,6D2,7D2,10D2,11D2,12D,14D,17D;1D3,5D2,6D2,7D2,11D2,12D,16D;4D3,5D2,6D2,11D2,16D;2*5D2,6D2,11D2,16D. The number of aryl methyl sites for hydroxylation is 5. The molecule has 5 aromatic rings. The van der Waals surface area contributed by atoms with Gasteiger partial charge in [-0.15, -0.1) is 0 Å². The highest BCUT2D eigenvalue weighted by Crippen LogP contribution is 2.50. The SMILES string of the molecule is [2H]C([2H])([2H])Oc1cc2c(cc1OC)C([2H])([2H])C([2H])([2H])N1C2([2H])CC(O)C(CC(C)C)C1([2H])[2H].[2H]C([2H])([2H])Oc1cc2c(cc1OC)C([2H])([2H])C([2H])([2H])N1C2C([2H])([2H])C([2H])(O)C([2H])(C([2H])([2H])C([2H])(C)C([2H])([2H])[2H])C1([2H])[2H].[2H]C12CC(O)C(C([2H])([2H])C([2H])(C)C([2H])([2H])[2H])C([2H])([2H])N1C([2H])([2H])C([2H])([2H])c1cc(OC)c(OC)cc12.[2H]C12CC(O)C(CC(C)C)C([2H])([2H])N1C([2H])([2H])C([2H])([2H])c1cc(OC)c(OC)cc12.[2H]C12CC(O)C(CC(C)C)C([2H])([2H])N1C([2H])([2H])C([2H])([2H])c1cc(OC)c(OC)cc12. The maximum absolute atomic E-state index is 11.4. The number of hydrogen-bond donors (Lipinski definition) is 5. The van der Waals surface area contributed by atoms with Crippen LogP contribution in [0.4, 0.5) is 0 Å². The molecule has 115 heavy (non-hydrogen) atoms. The fourth-order valence-corrected chi connectivity index (χ4v) is 14.5. The van der Waals surface area contributed by atoms with Crippen LogP contribution in [0.25, 0.3) is 0 Å². The van der Waals surface area contributed by atoms with Crippen LogP contribution in [0.3, 0.4) is 0 Å². The summed E-state index contributed by atoms with van der Waals surface area (Å²) in [6.07, 6.45) is -36.8. The van der Waals surface area contributed by atoms with Crippen molar-refractivity contribution in [3.05, 3.63) is 116 Å². The van der Waals surface area contributed by atoms with Gasteiger partial charge in [-0.25, -0.2) is 0 Å². The molecule has 10 heterocycles. The quantitative estimate of drug-likeness (QED) is 0.0491. The van der Waals surface area contributed by atoms with Crippen LogP contribution in [0.1, 0.15) is 296 Å². The Hall–Kier alpha value is -6.30. The third-order valence-corrected chi connectivity index (χ3v) is 20.0. The van der Waals surface area contributed by atoms with E-state index < -0.39 is 281 Å². The highest BCUT2D eigenvalue weighted by Gasteiger charge is 2.45. The summed E-state index contributed by atoms with van der Waals surface area (Å²) in [6, 6.07) is -0.00782. The molecular formula is C95H145N5O15. The summed E-state index contributed by atoms with van der Waals surface area (Å²) in [5, 5.41) is 55.1. The van der Waals surface area contributed by atoms with Crippen LogP contribution in [-0.2, 0) is 31.9 Å². The van der Waals surface area contributed by atoms with Crippen molar-refractivity contribution in [1.29, 1.82) is 0 Å². The van der Waals surface area contributed by atoms with Gasteiger partial charge in [0.25, 0.3) is 0 Å². The molecule has 0 saturated carbocycles. The van der Waals surface area contributed by atoms with Gasteiger partial charge >= 0.3 is 0 Å². The molecule has 5 saturated heterocycles. The minimum atomic E-state index is -4.36. The average molecular weight is 1650 g/mol. The van der Waals surface area contributed by atoms with E-state index in [0.717, 1.165) is 38.3 Å². The zero-order chi connectivity index (χ0) is 132. The second-order valence-electron chi connectivity index (χ2n) is 29.5. The molecule has 15 rings (SSSR count). The van der Waals surface area contributed by atoms with Crippen LogP contribution in [0.2, 0.25) is 0 Å². The van der Waals surface area contributed by atoms with Gasteiger partial charge in [-0.2, -0.15) is 0 Å². The lowest BCUT2D eigenvalue weighted by molar-refractivity contribution is -0.0192. The fraction of sp³-hybridized carbons (Fsp3) is 0.684. The summed E-state index contributed by atoms with van der Waals surface area (Å²) in [6.45, 7) is -25.3. The zero-order valence-corrected chi connectivity index (χ0v) is 67.2. The van der Waals surface area contributed by atoms with Gasteiger partial charge in [0, 0.05) is 157 Å². The second kappa shape index (κ2) is 40.6. The molecule has 5 aromatic carbocycles. The number of aliphatic hydroxyl groups excluding tert-OH is 4. The first-order chi connectivity index (χ1) is 76.3. The number of ether oxygens (including phenoxy) is 10. The number of piperidine rings is 5. The third kappa shape index (κ3) is 21.1. The Bertz CT molecular complexity index is 6540. The molecule has 5 fully saturated rings. The monoisotopic (exact) mass is 1650 g/mol. The van der Waals surface area contributed by atoms with Crippen LogP contribution in [0.5, 0.6) is 57.5 Å². The average Bonchev–Trinajstić information content (AvgIpc) is 0.638. The normalized spacial score (nSPS) is 47.2. The van der Waals surface area contributed by atoms with Crippen molar-refractivity contribution in [2.45, 2.75) is 226 Å². The largest absolute Gasteiger partial charge is 0.493 e. The number of rotatable bonds is 20. The molecule has 10 aliphatic heterocycles. The zero-order valence-electron chi connectivity index (χ0n) is 123. The van der Waals surface area contributed by atoms with E-state index in [9.17, 15) is 31.0 Å². The van der Waals surface area contributed by atoms with E-state index in [1.165, 1.54) is 80.1 Å². The van der Waals surface area contributed by atoms with E-state index in [4.69, 9.17) is 119 Å². The summed E-state index contributed by atoms with van der Waals surface area (Å²) >= 11 is 0. The van der Waals surface area contributed by atoms with Crippen LogP contribution in [0.15, 0.2) is 60.7 Å². The van der Waals surface area contributed by atoms with E-state index in [2.05, 4.69) is 0 Å². The number of methoxy groups -OCH3 is 10. The van der Waals surface area contributed by atoms with Gasteiger partial charge in [-0.3, -0.25) is 24.5 Å². The van der Waals surface area contributed by atoms with Crippen LogP contribution >= 0.6 is 0 Å². The van der Waals surface area contributed by atoms with Gasteiger partial charge < -0.3 is 72.9 Å². The summed E-state index contributed by atoms with van der Waals surface area (Å²) in [5.74, 6) is -16.9. The number of aliphatic hydroxyl groups is 5. The predicted octanol–water partition coefficient (Wildman–Crippen LogP) is 15.1. The highest BCUT2D eigenvalue weighted by molar-refractivity contribution is 5.54.